The van der Waals surface area contributed by atoms with E-state index in [2.05, 4.69) is 20.9 Å². The Labute approximate surface area is 238 Å². The number of aryl methyl sites for hydroxylation is 1. The van der Waals surface area contributed by atoms with Crippen molar-refractivity contribution in [2.75, 3.05) is 13.7 Å². The molecule has 4 rings (SSSR count). The van der Waals surface area contributed by atoms with Gasteiger partial charge in [0.15, 0.2) is 5.78 Å². The second kappa shape index (κ2) is 12.9. The monoisotopic (exact) mass is 570 g/mol. The van der Waals surface area contributed by atoms with E-state index in [1.54, 1.807) is 40.0 Å². The van der Waals surface area contributed by atoms with Crippen molar-refractivity contribution in [1.82, 2.24) is 20.9 Å². The number of thiazole rings is 1. The van der Waals surface area contributed by atoms with Crippen molar-refractivity contribution in [3.63, 3.8) is 0 Å². The third kappa shape index (κ3) is 7.66. The lowest BCUT2D eigenvalue weighted by atomic mass is 9.90. The first-order valence-electron chi connectivity index (χ1n) is 13.7. The number of carbonyl (C=O) groups is 4. The number of carbonyl (C=O) groups excluding carboxylic acids is 4. The second-order valence-electron chi connectivity index (χ2n) is 10.9. The minimum atomic E-state index is -0.974. The Hall–Kier alpha value is -3.31. The van der Waals surface area contributed by atoms with Crippen molar-refractivity contribution in [2.45, 2.75) is 83.0 Å². The fourth-order valence-electron chi connectivity index (χ4n) is 5.01. The number of nitrogens with one attached hydrogen (secondary N) is 3. The molecule has 1 aliphatic carbocycles. The lowest BCUT2D eigenvalue weighted by Crippen LogP contribution is -2.57. The molecule has 1 saturated heterocycles. The summed E-state index contributed by atoms with van der Waals surface area (Å²) >= 11 is 1.23. The molecule has 2 aliphatic rings. The van der Waals surface area contributed by atoms with E-state index in [0.29, 0.717) is 29.6 Å². The highest BCUT2D eigenvalue weighted by molar-refractivity contribution is 7.13. The maximum absolute atomic E-state index is 13.7. The van der Waals surface area contributed by atoms with Gasteiger partial charge in [-0.15, -0.1) is 11.3 Å². The van der Waals surface area contributed by atoms with E-state index < -0.39 is 41.4 Å². The second-order valence-corrected chi connectivity index (χ2v) is 12.1. The molecule has 1 aromatic heterocycles. The zero-order valence-electron chi connectivity index (χ0n) is 23.5. The number of aromatic nitrogens is 1. The van der Waals surface area contributed by atoms with Gasteiger partial charge >= 0.3 is 0 Å². The van der Waals surface area contributed by atoms with Crippen LogP contribution < -0.4 is 20.7 Å². The van der Waals surface area contributed by atoms with Crippen LogP contribution in [-0.4, -0.2) is 65.9 Å². The van der Waals surface area contributed by atoms with Crippen LogP contribution in [0.2, 0.25) is 0 Å². The molecule has 216 valence electrons. The molecule has 0 unspecified atom stereocenters. The normalized spacial score (nSPS) is 20.7. The molecule has 3 N–H and O–H groups in total. The molecule has 4 atom stereocenters. The summed E-state index contributed by atoms with van der Waals surface area (Å²) in [7, 11) is 1.57. The number of methoxy groups -OCH3 is 1. The van der Waals surface area contributed by atoms with E-state index in [1.165, 1.54) is 17.5 Å². The predicted molar refractivity (Wildman–Crippen MR) is 150 cm³/mol. The fraction of sp³-hybridized carbons (Fsp3) is 0.552. The Morgan fingerprint density at radius 3 is 2.30 bits per heavy atom. The van der Waals surface area contributed by atoms with Crippen LogP contribution in [0.25, 0.3) is 0 Å². The topological polar surface area (TPSA) is 139 Å². The highest BCUT2D eigenvalue weighted by atomic mass is 32.1. The average Bonchev–Trinajstić information content (AvgIpc) is 3.28. The Morgan fingerprint density at radius 2 is 1.73 bits per heavy atom. The van der Waals surface area contributed by atoms with Crippen LogP contribution in [0.3, 0.4) is 0 Å². The summed E-state index contributed by atoms with van der Waals surface area (Å²) in [5.74, 6) is -0.493. The molecule has 10 nitrogen and oxygen atoms in total. The van der Waals surface area contributed by atoms with Crippen molar-refractivity contribution >= 4 is 34.8 Å². The van der Waals surface area contributed by atoms with Gasteiger partial charge in [0.05, 0.1) is 31.0 Å². The summed E-state index contributed by atoms with van der Waals surface area (Å²) in [5.41, 5.74) is -0.0757. The van der Waals surface area contributed by atoms with E-state index >= 15 is 0 Å². The number of hydrogen-bond donors (Lipinski definition) is 3. The minimum Gasteiger partial charge on any atom is -0.497 e. The maximum atomic E-state index is 13.7. The largest absolute Gasteiger partial charge is 0.497 e. The zero-order chi connectivity index (χ0) is 28.9. The summed E-state index contributed by atoms with van der Waals surface area (Å²) in [6.45, 7) is 5.43. The van der Waals surface area contributed by atoms with Gasteiger partial charge in [0.2, 0.25) is 11.8 Å². The molecule has 40 heavy (non-hydrogen) atoms. The minimum absolute atomic E-state index is 0.136. The molecule has 0 spiro atoms. The first kappa shape index (κ1) is 29.7. The van der Waals surface area contributed by atoms with Crippen LogP contribution in [0.5, 0.6) is 5.75 Å². The molecular weight excluding hydrogens is 532 g/mol. The molecule has 2 aromatic rings. The Kier molecular flexibility index (Phi) is 9.57. The van der Waals surface area contributed by atoms with Crippen molar-refractivity contribution in [1.29, 1.82) is 0 Å². The number of ether oxygens (including phenoxy) is 2. The average molecular weight is 571 g/mol. The van der Waals surface area contributed by atoms with Gasteiger partial charge in [0.1, 0.15) is 28.3 Å². The van der Waals surface area contributed by atoms with E-state index in [1.807, 2.05) is 12.1 Å². The van der Waals surface area contributed by atoms with Gasteiger partial charge < -0.3 is 25.4 Å². The highest BCUT2D eigenvalue weighted by Gasteiger charge is 2.50. The molecule has 11 heteroatoms. The third-order valence-corrected chi connectivity index (χ3v) is 8.50. The quantitative estimate of drug-likeness (QED) is 0.315. The third-order valence-electron chi connectivity index (χ3n) is 7.59. The molecular formula is C29H38N4O6S. The molecule has 0 radical (unpaired) electrons. The molecule has 2 heterocycles. The summed E-state index contributed by atoms with van der Waals surface area (Å²) in [6.07, 6.45) is 6.50. The van der Waals surface area contributed by atoms with Gasteiger partial charge in [-0.1, -0.05) is 37.8 Å². The number of benzene rings is 1. The van der Waals surface area contributed by atoms with Gasteiger partial charge in [0.25, 0.3) is 5.91 Å². The highest BCUT2D eigenvalue weighted by Crippen LogP contribution is 2.33. The Bertz CT molecular complexity index is 1220. The van der Waals surface area contributed by atoms with Crippen LogP contribution in [0.15, 0.2) is 30.5 Å². The number of rotatable bonds is 13. The van der Waals surface area contributed by atoms with Gasteiger partial charge in [-0.05, 0) is 50.8 Å². The molecule has 2 fully saturated rings. The number of hydrogen-bond acceptors (Lipinski definition) is 8. The standard InChI is InChI=1S/C29H38N4O6S/c1-17(31-28(37)24-15-30-18(2)40-24)26(35)33-23(14-20-9-11-21(38-4)12-10-20)27(36)32-22(13-19-7-5-6-8-19)25(34)29(3)16-39-29/h9-12,15,17,19,22-23H,5-8,13-14,16H2,1-4H3,(H,31,37)(H,32,36)(H,33,35)/t17-,22-,23-,29+/m0/s1. The molecule has 1 aliphatic heterocycles. The van der Waals surface area contributed by atoms with Gasteiger partial charge in [-0.2, -0.15) is 0 Å². The van der Waals surface area contributed by atoms with Crippen LogP contribution in [0.1, 0.15) is 66.2 Å². The molecule has 3 amide bonds. The first-order valence-corrected chi connectivity index (χ1v) is 14.5. The van der Waals surface area contributed by atoms with Crippen LogP contribution in [0, 0.1) is 12.8 Å². The van der Waals surface area contributed by atoms with Crippen LogP contribution in [-0.2, 0) is 25.5 Å². The number of nitrogens with zero attached hydrogens (tertiary/aromatic N) is 1. The zero-order valence-corrected chi connectivity index (χ0v) is 24.3. The van der Waals surface area contributed by atoms with Crippen LogP contribution >= 0.6 is 11.3 Å². The summed E-state index contributed by atoms with van der Waals surface area (Å²) in [5, 5.41) is 9.15. The van der Waals surface area contributed by atoms with Crippen molar-refractivity contribution in [2.24, 2.45) is 5.92 Å². The van der Waals surface area contributed by atoms with Crippen molar-refractivity contribution in [3.05, 3.63) is 45.9 Å². The SMILES string of the molecule is COc1ccc(C[C@H](NC(=O)[C@H](C)NC(=O)c2cnc(C)s2)C(=O)N[C@@H](CC2CCCC2)C(=O)[C@@]2(C)CO2)cc1. The smallest absolute Gasteiger partial charge is 0.263 e. The van der Waals surface area contributed by atoms with E-state index in [9.17, 15) is 19.2 Å². The van der Waals surface area contributed by atoms with Crippen molar-refractivity contribution < 1.29 is 28.7 Å². The van der Waals surface area contributed by atoms with E-state index in [-0.39, 0.29) is 12.2 Å². The molecule has 0 bridgehead atoms. The molecule has 1 aromatic carbocycles. The lowest BCUT2D eigenvalue weighted by molar-refractivity contribution is -0.133. The lowest BCUT2D eigenvalue weighted by Gasteiger charge is -2.26. The van der Waals surface area contributed by atoms with Crippen LogP contribution in [0.4, 0.5) is 0 Å². The fourth-order valence-corrected chi connectivity index (χ4v) is 5.69. The van der Waals surface area contributed by atoms with E-state index in [4.69, 9.17) is 9.47 Å². The number of Topliss-reactive ketones (excluding diaryl/α,β-unsaturated/α-hetero) is 1. The maximum Gasteiger partial charge on any atom is 0.263 e. The number of ketones is 1. The van der Waals surface area contributed by atoms with Crippen molar-refractivity contribution in [3.8, 4) is 5.75 Å². The number of amides is 3. The Balaban J connectivity index is 1.48. The van der Waals surface area contributed by atoms with Gasteiger partial charge in [-0.3, -0.25) is 19.2 Å². The summed E-state index contributed by atoms with van der Waals surface area (Å²) < 4.78 is 10.6. The number of epoxide rings is 1. The summed E-state index contributed by atoms with van der Waals surface area (Å²) in [4.78, 5) is 57.2. The van der Waals surface area contributed by atoms with Gasteiger partial charge in [-0.25, -0.2) is 4.98 Å². The summed E-state index contributed by atoms with van der Waals surface area (Å²) in [6, 6.07) is 4.62. The molecule has 1 saturated carbocycles. The van der Waals surface area contributed by atoms with E-state index in [0.717, 1.165) is 36.3 Å². The Morgan fingerprint density at radius 1 is 1.07 bits per heavy atom. The first-order chi connectivity index (χ1) is 19.1. The predicted octanol–water partition coefficient (Wildman–Crippen LogP) is 2.73. The van der Waals surface area contributed by atoms with Gasteiger partial charge in [0, 0.05) is 6.42 Å².